The minimum atomic E-state index is -3.82. The number of H-pyrrole nitrogens is 2. The fraction of sp³-hybridized carbons (Fsp3) is 0.200. The van der Waals surface area contributed by atoms with Crippen LogP contribution in [0.1, 0.15) is 6.42 Å². The lowest BCUT2D eigenvalue weighted by atomic mass is 10.3. The Labute approximate surface area is 107 Å². The third-order valence-corrected chi connectivity index (χ3v) is 3.88. The van der Waals surface area contributed by atoms with Gasteiger partial charge in [-0.05, 0) is 18.2 Å². The number of rotatable bonds is 5. The van der Waals surface area contributed by atoms with Crippen LogP contribution in [0, 0.1) is 0 Å². The van der Waals surface area contributed by atoms with Crippen molar-refractivity contribution in [1.29, 1.82) is 0 Å². The van der Waals surface area contributed by atoms with E-state index in [0.29, 0.717) is 11.0 Å². The molecule has 1 aromatic carbocycles. The molecule has 1 aromatic heterocycles. The third kappa shape index (κ3) is 3.01. The van der Waals surface area contributed by atoms with Gasteiger partial charge in [-0.3, -0.25) is 0 Å². The number of hydrogen-bond acceptors (Lipinski definition) is 5. The normalized spacial score (nSPS) is 11.8. The molecular weight excluding hydrogens is 274 g/mol. The monoisotopic (exact) mass is 284 g/mol. The van der Waals surface area contributed by atoms with Gasteiger partial charge in [-0.25, -0.2) is 17.9 Å². The van der Waals surface area contributed by atoms with E-state index in [9.17, 15) is 23.1 Å². The maximum atomic E-state index is 11.8. The lowest BCUT2D eigenvalue weighted by Crippen LogP contribution is -2.31. The number of sulfonamides is 1. The number of aromatic nitrogens is 2. The van der Waals surface area contributed by atoms with Crippen LogP contribution in [0.3, 0.4) is 0 Å². The molecule has 0 bridgehead atoms. The van der Waals surface area contributed by atoms with E-state index in [2.05, 4.69) is 14.7 Å². The summed E-state index contributed by atoms with van der Waals surface area (Å²) in [5.74, 6) is -1.34. The van der Waals surface area contributed by atoms with E-state index >= 15 is 0 Å². The molecule has 8 nitrogen and oxygen atoms in total. The molecule has 0 saturated carbocycles. The van der Waals surface area contributed by atoms with Crippen molar-refractivity contribution >= 4 is 27.0 Å². The SMILES string of the molecule is O=C([O-])CCNS(=O)(=O)c1ccc2[nH]c(=O)[nH]c2c1. The van der Waals surface area contributed by atoms with Crippen molar-refractivity contribution < 1.29 is 18.3 Å². The first-order valence-electron chi connectivity index (χ1n) is 5.30. The molecule has 102 valence electrons. The number of aliphatic carboxylic acids is 1. The van der Waals surface area contributed by atoms with Gasteiger partial charge in [-0.1, -0.05) is 0 Å². The second kappa shape index (κ2) is 4.86. The zero-order valence-corrected chi connectivity index (χ0v) is 10.4. The maximum Gasteiger partial charge on any atom is 0.323 e. The van der Waals surface area contributed by atoms with Crippen molar-refractivity contribution in [1.82, 2.24) is 14.7 Å². The highest BCUT2D eigenvalue weighted by molar-refractivity contribution is 7.89. The van der Waals surface area contributed by atoms with Gasteiger partial charge in [0.1, 0.15) is 0 Å². The third-order valence-electron chi connectivity index (χ3n) is 2.42. The summed E-state index contributed by atoms with van der Waals surface area (Å²) in [7, 11) is -3.82. The first-order valence-corrected chi connectivity index (χ1v) is 6.78. The van der Waals surface area contributed by atoms with Crippen LogP contribution < -0.4 is 15.5 Å². The standard InChI is InChI=1S/C10H11N3O5S/c14-9(15)3-4-11-19(17,18)6-1-2-7-8(5-6)13-10(16)12-7/h1-2,5,11H,3-4H2,(H,14,15)(H2,12,13,16)/p-1. The molecule has 0 aliphatic rings. The van der Waals surface area contributed by atoms with E-state index in [1.165, 1.54) is 18.2 Å². The highest BCUT2D eigenvalue weighted by Gasteiger charge is 2.14. The van der Waals surface area contributed by atoms with E-state index in [4.69, 9.17) is 0 Å². The van der Waals surface area contributed by atoms with Crippen LogP contribution in [-0.4, -0.2) is 30.9 Å². The average Bonchev–Trinajstić information content (AvgIpc) is 2.67. The number of carboxylic acid groups (broad SMARTS) is 1. The van der Waals surface area contributed by atoms with Crippen molar-refractivity contribution in [2.45, 2.75) is 11.3 Å². The zero-order chi connectivity index (χ0) is 14.0. The summed E-state index contributed by atoms with van der Waals surface area (Å²) in [5.41, 5.74) is 0.404. The Balaban J connectivity index is 2.26. The number of carbonyl (C=O) groups is 1. The summed E-state index contributed by atoms with van der Waals surface area (Å²) in [5, 5.41) is 10.2. The van der Waals surface area contributed by atoms with Gasteiger partial charge in [0.25, 0.3) is 0 Å². The predicted molar refractivity (Wildman–Crippen MR) is 63.7 cm³/mol. The van der Waals surface area contributed by atoms with Crippen LogP contribution in [0.2, 0.25) is 0 Å². The largest absolute Gasteiger partial charge is 0.550 e. The Morgan fingerprint density at radius 2 is 1.95 bits per heavy atom. The van der Waals surface area contributed by atoms with Crippen LogP contribution in [0.5, 0.6) is 0 Å². The van der Waals surface area contributed by atoms with E-state index in [-0.39, 0.29) is 11.4 Å². The Hall–Kier alpha value is -2.13. The maximum absolute atomic E-state index is 11.8. The lowest BCUT2D eigenvalue weighted by molar-refractivity contribution is -0.305. The molecule has 3 N–H and O–H groups in total. The summed E-state index contributed by atoms with van der Waals surface area (Å²) in [6.45, 7) is -0.258. The molecule has 0 amide bonds. The average molecular weight is 284 g/mol. The summed E-state index contributed by atoms with van der Waals surface area (Å²) >= 11 is 0. The van der Waals surface area contributed by atoms with Gasteiger partial charge in [-0.15, -0.1) is 0 Å². The Morgan fingerprint density at radius 1 is 1.26 bits per heavy atom. The van der Waals surface area contributed by atoms with Crippen LogP contribution in [0.15, 0.2) is 27.9 Å². The van der Waals surface area contributed by atoms with Gasteiger partial charge in [0.15, 0.2) is 0 Å². The number of benzene rings is 1. The molecule has 1 heterocycles. The second-order valence-electron chi connectivity index (χ2n) is 3.81. The Kier molecular flexibility index (Phi) is 3.40. The fourth-order valence-corrected chi connectivity index (χ4v) is 2.61. The minimum Gasteiger partial charge on any atom is -0.550 e. The van der Waals surface area contributed by atoms with Crippen molar-refractivity contribution in [2.24, 2.45) is 0 Å². The predicted octanol–water partition coefficient (Wildman–Crippen LogP) is -1.73. The van der Waals surface area contributed by atoms with Crippen molar-refractivity contribution in [3.05, 3.63) is 28.7 Å². The number of imidazole rings is 1. The molecule has 19 heavy (non-hydrogen) atoms. The zero-order valence-electron chi connectivity index (χ0n) is 9.60. The topological polar surface area (TPSA) is 135 Å². The quantitative estimate of drug-likeness (QED) is 0.600. The van der Waals surface area contributed by atoms with Gasteiger partial charge < -0.3 is 19.9 Å². The van der Waals surface area contributed by atoms with E-state index in [1.807, 2.05) is 0 Å². The first kappa shape index (κ1) is 13.3. The molecule has 0 aliphatic carbocycles. The fourth-order valence-electron chi connectivity index (χ4n) is 1.55. The first-order chi connectivity index (χ1) is 8.88. The molecule has 2 aromatic rings. The number of aromatic amines is 2. The van der Waals surface area contributed by atoms with E-state index in [0.717, 1.165) is 0 Å². The highest BCUT2D eigenvalue weighted by atomic mass is 32.2. The van der Waals surface area contributed by atoms with Gasteiger partial charge in [0.2, 0.25) is 10.0 Å². The molecule has 0 fully saturated rings. The molecule has 0 aliphatic heterocycles. The van der Waals surface area contributed by atoms with Gasteiger partial charge in [0.05, 0.1) is 15.9 Å². The van der Waals surface area contributed by atoms with Crippen molar-refractivity contribution in [2.75, 3.05) is 6.54 Å². The highest BCUT2D eigenvalue weighted by Crippen LogP contribution is 2.14. The van der Waals surface area contributed by atoms with Crippen molar-refractivity contribution in [3.63, 3.8) is 0 Å². The molecule has 9 heteroatoms. The van der Waals surface area contributed by atoms with Crippen LogP contribution in [0.4, 0.5) is 0 Å². The molecule has 0 unspecified atom stereocenters. The minimum absolute atomic E-state index is 0.0615. The lowest BCUT2D eigenvalue weighted by Gasteiger charge is -2.07. The number of carbonyl (C=O) groups excluding carboxylic acids is 1. The molecule has 2 rings (SSSR count). The summed E-state index contributed by atoms with van der Waals surface area (Å²) < 4.78 is 25.8. The molecule has 0 spiro atoms. The molecule has 0 atom stereocenters. The molecule has 0 radical (unpaired) electrons. The van der Waals surface area contributed by atoms with E-state index in [1.54, 1.807) is 0 Å². The van der Waals surface area contributed by atoms with Crippen LogP contribution >= 0.6 is 0 Å². The number of fused-ring (bicyclic) bond motifs is 1. The second-order valence-corrected chi connectivity index (χ2v) is 5.57. The van der Waals surface area contributed by atoms with Gasteiger partial charge in [-0.2, -0.15) is 0 Å². The van der Waals surface area contributed by atoms with Crippen LogP contribution in [0.25, 0.3) is 11.0 Å². The van der Waals surface area contributed by atoms with Gasteiger partial charge in [0, 0.05) is 18.9 Å². The summed E-state index contributed by atoms with van der Waals surface area (Å²) in [6, 6.07) is 4.04. The van der Waals surface area contributed by atoms with E-state index < -0.39 is 28.1 Å². The van der Waals surface area contributed by atoms with Gasteiger partial charge >= 0.3 is 5.69 Å². The molecule has 0 saturated heterocycles. The smallest absolute Gasteiger partial charge is 0.323 e. The number of carboxylic acids is 1. The Bertz CT molecular complexity index is 774. The summed E-state index contributed by atoms with van der Waals surface area (Å²) in [4.78, 5) is 26.1. The number of hydrogen-bond donors (Lipinski definition) is 3. The Morgan fingerprint density at radius 3 is 2.63 bits per heavy atom. The number of nitrogens with one attached hydrogen (secondary N) is 3. The van der Waals surface area contributed by atoms with Crippen LogP contribution in [-0.2, 0) is 14.8 Å². The van der Waals surface area contributed by atoms with Crippen molar-refractivity contribution in [3.8, 4) is 0 Å². The summed E-state index contributed by atoms with van der Waals surface area (Å²) in [6.07, 6.45) is -0.414. The molecular formula is C10H10N3O5S-.